The van der Waals surface area contributed by atoms with E-state index in [9.17, 15) is 19.8 Å². The van der Waals surface area contributed by atoms with Crippen LogP contribution in [0.15, 0.2) is 42.0 Å². The summed E-state index contributed by atoms with van der Waals surface area (Å²) >= 11 is 0. The van der Waals surface area contributed by atoms with Gasteiger partial charge in [-0.15, -0.1) is 0 Å². The molecule has 2 heterocycles. The molecule has 1 amide bonds. The molecule has 1 saturated heterocycles. The molecule has 0 bridgehead atoms. The van der Waals surface area contributed by atoms with Crippen LogP contribution in [-0.4, -0.2) is 83.6 Å². The van der Waals surface area contributed by atoms with Gasteiger partial charge in [-0.1, -0.05) is 44.2 Å². The molecule has 0 saturated carbocycles. The maximum absolute atomic E-state index is 12.9. The highest BCUT2D eigenvalue weighted by molar-refractivity contribution is 5.71. The minimum Gasteiger partial charge on any atom is -0.457 e. The zero-order valence-electron chi connectivity index (χ0n) is 22.5. The quantitative estimate of drug-likeness (QED) is 0.468. The number of aliphatic hydroxyl groups excluding tert-OH is 2. The number of nitrogens with zero attached hydrogens (tertiary/aromatic N) is 2. The molecule has 0 radical (unpaired) electrons. The number of ether oxygens (including phenoxy) is 2. The summed E-state index contributed by atoms with van der Waals surface area (Å²) in [4.78, 5) is 29.5. The Labute approximate surface area is 220 Å². The number of cyclic esters (lactones) is 1. The summed E-state index contributed by atoms with van der Waals surface area (Å²) in [5, 5.41) is 19.9. The molecule has 37 heavy (non-hydrogen) atoms. The first-order chi connectivity index (χ1) is 17.7. The number of carbonyl (C=O) groups excluding carboxylic acids is 2. The Morgan fingerprint density at radius 1 is 1.16 bits per heavy atom. The highest BCUT2D eigenvalue weighted by atomic mass is 16.6. The lowest BCUT2D eigenvalue weighted by atomic mass is 9.91. The van der Waals surface area contributed by atoms with Crippen LogP contribution in [-0.2, 0) is 20.9 Å². The van der Waals surface area contributed by atoms with Gasteiger partial charge in [-0.05, 0) is 61.6 Å². The summed E-state index contributed by atoms with van der Waals surface area (Å²) in [5.74, 6) is -0.669. The normalized spacial score (nSPS) is 29.6. The molecule has 2 aliphatic rings. The van der Waals surface area contributed by atoms with Gasteiger partial charge < -0.3 is 29.5 Å². The Morgan fingerprint density at radius 3 is 2.59 bits per heavy atom. The second-order valence-corrected chi connectivity index (χ2v) is 10.5. The first-order valence-corrected chi connectivity index (χ1v) is 13.2. The topological polar surface area (TPSA) is 99.5 Å². The van der Waals surface area contributed by atoms with E-state index in [1.165, 1.54) is 0 Å². The van der Waals surface area contributed by atoms with Gasteiger partial charge in [0.15, 0.2) is 0 Å². The molecule has 8 nitrogen and oxygen atoms in total. The monoisotopic (exact) mass is 514 g/mol. The fourth-order valence-electron chi connectivity index (χ4n) is 4.76. The molecule has 1 aromatic carbocycles. The maximum Gasteiger partial charge on any atom is 0.410 e. The van der Waals surface area contributed by atoms with Crippen LogP contribution in [0.4, 0.5) is 4.79 Å². The lowest BCUT2D eigenvalue weighted by Gasteiger charge is -2.33. The van der Waals surface area contributed by atoms with Crippen molar-refractivity contribution < 1.29 is 29.3 Å². The summed E-state index contributed by atoms with van der Waals surface area (Å²) in [6.45, 7) is 8.71. The number of carbonyl (C=O) groups is 2. The van der Waals surface area contributed by atoms with E-state index in [-0.39, 0.29) is 31.0 Å². The number of likely N-dealkylation sites (N-methyl/N-ethyl adjacent to an activating group) is 1. The molecule has 2 aliphatic heterocycles. The predicted octanol–water partition coefficient (Wildman–Crippen LogP) is 3.62. The zero-order valence-corrected chi connectivity index (χ0v) is 22.5. The van der Waals surface area contributed by atoms with Gasteiger partial charge in [0, 0.05) is 32.1 Å². The summed E-state index contributed by atoms with van der Waals surface area (Å²) in [6.07, 6.45) is 4.57. The molecular weight excluding hydrogens is 472 g/mol. The smallest absolute Gasteiger partial charge is 0.410 e. The fraction of sp³-hybridized carbons (Fsp3) is 0.586. The molecule has 0 spiro atoms. The third kappa shape index (κ3) is 8.69. The van der Waals surface area contributed by atoms with Gasteiger partial charge in [0.25, 0.3) is 0 Å². The van der Waals surface area contributed by atoms with E-state index in [1.807, 2.05) is 70.3 Å². The largest absolute Gasteiger partial charge is 0.457 e. The Bertz CT molecular complexity index is 969. The minimum absolute atomic E-state index is 0.0266. The fourth-order valence-corrected chi connectivity index (χ4v) is 4.76. The first kappa shape index (κ1) is 28.9. The second kappa shape index (κ2) is 13.7. The number of rotatable bonds is 4. The van der Waals surface area contributed by atoms with Crippen molar-refractivity contribution in [1.29, 1.82) is 0 Å². The van der Waals surface area contributed by atoms with Crippen LogP contribution < -0.4 is 0 Å². The van der Waals surface area contributed by atoms with Gasteiger partial charge in [0.2, 0.25) is 0 Å². The number of hydrogen-bond acceptors (Lipinski definition) is 7. The molecule has 3 rings (SSSR count). The summed E-state index contributed by atoms with van der Waals surface area (Å²) in [7, 11) is 2.04. The zero-order chi connectivity index (χ0) is 26.9. The van der Waals surface area contributed by atoms with Crippen molar-refractivity contribution in [2.75, 3.05) is 33.2 Å². The van der Waals surface area contributed by atoms with Crippen LogP contribution in [0.5, 0.6) is 0 Å². The van der Waals surface area contributed by atoms with E-state index in [4.69, 9.17) is 9.47 Å². The van der Waals surface area contributed by atoms with E-state index < -0.39 is 24.3 Å². The number of esters is 1. The molecule has 2 N–H and O–H groups in total. The number of aliphatic hydroxyl groups is 2. The standard InChI is InChI=1S/C29H42N2O6/c1-20-8-10-25(33)18-27(34)37-28(22(3)16-23-6-5-7-24(17-23)19-32)21(2)9-11-26(20)36-29(35)31-14-12-30(4)13-15-31/h5-7,9,11,16-17,20-21,25-26,28,32-33H,8,10,12-15,18-19H2,1-4H3/b11-9+,22-16+/t20-,21-,25+,26-,28-/m0/s1. The average Bonchev–Trinajstić information content (AvgIpc) is 2.87. The van der Waals surface area contributed by atoms with Gasteiger partial charge >= 0.3 is 12.1 Å². The van der Waals surface area contributed by atoms with E-state index in [1.54, 1.807) is 4.90 Å². The summed E-state index contributed by atoms with van der Waals surface area (Å²) in [5.41, 5.74) is 2.54. The maximum atomic E-state index is 12.9. The molecule has 1 aromatic rings. The highest BCUT2D eigenvalue weighted by Gasteiger charge is 2.29. The number of piperazine rings is 1. The van der Waals surface area contributed by atoms with E-state index in [0.717, 1.165) is 29.8 Å². The minimum atomic E-state index is -0.825. The van der Waals surface area contributed by atoms with Crippen molar-refractivity contribution >= 4 is 18.1 Å². The van der Waals surface area contributed by atoms with Crippen LogP contribution in [0.1, 0.15) is 51.2 Å². The Hall–Kier alpha value is -2.68. The SMILES string of the molecule is C/C(=C\c1cccc(CO)c1)[C@H]1OC(=O)C[C@H](O)CC[C@H](C)[C@@H](OC(=O)N2CCN(C)CC2)/C=C/[C@@H]1C. The molecular formula is C29H42N2O6. The second-order valence-electron chi connectivity index (χ2n) is 10.5. The van der Waals surface area contributed by atoms with Gasteiger partial charge in [0.1, 0.15) is 12.2 Å². The molecule has 1 fully saturated rings. The number of amides is 1. The molecule has 0 aliphatic carbocycles. The van der Waals surface area contributed by atoms with Gasteiger partial charge in [-0.2, -0.15) is 0 Å². The predicted molar refractivity (Wildman–Crippen MR) is 143 cm³/mol. The molecule has 5 atom stereocenters. The lowest BCUT2D eigenvalue weighted by Crippen LogP contribution is -2.48. The van der Waals surface area contributed by atoms with Crippen LogP contribution in [0.3, 0.4) is 0 Å². The number of hydrogen-bond donors (Lipinski definition) is 2. The van der Waals surface area contributed by atoms with Crippen LogP contribution in [0.25, 0.3) is 6.08 Å². The third-order valence-electron chi connectivity index (χ3n) is 7.23. The lowest BCUT2D eigenvalue weighted by molar-refractivity contribution is -0.151. The highest BCUT2D eigenvalue weighted by Crippen LogP contribution is 2.26. The van der Waals surface area contributed by atoms with E-state index in [2.05, 4.69) is 4.90 Å². The van der Waals surface area contributed by atoms with Crippen molar-refractivity contribution in [3.05, 3.63) is 53.1 Å². The third-order valence-corrected chi connectivity index (χ3v) is 7.23. The molecule has 8 heteroatoms. The Kier molecular flexibility index (Phi) is 10.7. The van der Waals surface area contributed by atoms with Crippen molar-refractivity contribution in [2.45, 2.75) is 65.0 Å². The summed E-state index contributed by atoms with van der Waals surface area (Å²) < 4.78 is 11.8. The van der Waals surface area contributed by atoms with Crippen molar-refractivity contribution in [2.24, 2.45) is 11.8 Å². The van der Waals surface area contributed by atoms with Crippen LogP contribution in [0, 0.1) is 11.8 Å². The first-order valence-electron chi connectivity index (χ1n) is 13.2. The molecule has 0 aromatic heterocycles. The van der Waals surface area contributed by atoms with Gasteiger partial charge in [-0.25, -0.2) is 4.79 Å². The van der Waals surface area contributed by atoms with Crippen LogP contribution >= 0.6 is 0 Å². The van der Waals surface area contributed by atoms with Crippen molar-refractivity contribution in [3.8, 4) is 0 Å². The molecule has 204 valence electrons. The Morgan fingerprint density at radius 2 is 1.89 bits per heavy atom. The van der Waals surface area contributed by atoms with Gasteiger partial charge in [-0.3, -0.25) is 4.79 Å². The van der Waals surface area contributed by atoms with Gasteiger partial charge in [0.05, 0.1) is 19.1 Å². The average molecular weight is 515 g/mol. The van der Waals surface area contributed by atoms with Crippen LogP contribution in [0.2, 0.25) is 0 Å². The van der Waals surface area contributed by atoms with E-state index >= 15 is 0 Å². The van der Waals surface area contributed by atoms with Crippen molar-refractivity contribution in [1.82, 2.24) is 9.80 Å². The van der Waals surface area contributed by atoms with E-state index in [0.29, 0.717) is 25.9 Å². The number of benzene rings is 1. The van der Waals surface area contributed by atoms with Crippen molar-refractivity contribution in [3.63, 3.8) is 0 Å². The molecule has 0 unspecified atom stereocenters. The summed E-state index contributed by atoms with van der Waals surface area (Å²) in [6, 6.07) is 7.54. The Balaban J connectivity index is 1.83.